The lowest BCUT2D eigenvalue weighted by Crippen LogP contribution is -2.26. The molecule has 1 amide bonds. The Morgan fingerprint density at radius 3 is 2.85 bits per heavy atom. The smallest absolute Gasteiger partial charge is 0.414 e. The van der Waals surface area contributed by atoms with Gasteiger partial charge in [0.2, 0.25) is 0 Å². The summed E-state index contributed by atoms with van der Waals surface area (Å²) in [6, 6.07) is 4.06. The fraction of sp³-hybridized carbons (Fsp3) is 0.267. The van der Waals surface area contributed by atoms with Crippen molar-refractivity contribution in [3.63, 3.8) is 0 Å². The van der Waals surface area contributed by atoms with E-state index in [2.05, 4.69) is 9.17 Å². The van der Waals surface area contributed by atoms with Crippen LogP contribution in [-0.4, -0.2) is 55.9 Å². The van der Waals surface area contributed by atoms with Gasteiger partial charge in [0.15, 0.2) is 6.29 Å². The molecule has 11 heteroatoms. The second-order valence-electron chi connectivity index (χ2n) is 5.56. The molecule has 0 N–H and O–H groups in total. The van der Waals surface area contributed by atoms with Crippen molar-refractivity contribution in [3.8, 4) is 5.69 Å². The normalized spacial score (nSPS) is 17.4. The van der Waals surface area contributed by atoms with E-state index in [1.54, 1.807) is 0 Å². The number of hydrogen-bond donors (Lipinski definition) is 0. The van der Waals surface area contributed by atoms with Crippen LogP contribution in [0.1, 0.15) is 10.5 Å². The van der Waals surface area contributed by atoms with Crippen LogP contribution >= 0.6 is 0 Å². The van der Waals surface area contributed by atoms with Crippen LogP contribution in [-0.2, 0) is 19.0 Å². The van der Waals surface area contributed by atoms with Crippen LogP contribution in [0.5, 0.6) is 0 Å². The Morgan fingerprint density at radius 1 is 1.46 bits per heavy atom. The number of aromatic nitrogens is 2. The number of amides is 1. The maximum Gasteiger partial charge on any atom is 0.414 e. The number of rotatable bonds is 6. The van der Waals surface area contributed by atoms with Crippen molar-refractivity contribution in [2.24, 2.45) is 0 Å². The maximum absolute atomic E-state index is 14.4. The minimum atomic E-state index is -3.66. The van der Waals surface area contributed by atoms with E-state index in [4.69, 9.17) is 4.74 Å². The van der Waals surface area contributed by atoms with Crippen molar-refractivity contribution < 1.29 is 31.3 Å². The lowest BCUT2D eigenvalue weighted by molar-refractivity contribution is 0.107. The van der Waals surface area contributed by atoms with Crippen LogP contribution in [0.15, 0.2) is 30.7 Å². The summed E-state index contributed by atoms with van der Waals surface area (Å²) in [6.45, 7) is -0.293. The number of imidazole rings is 1. The van der Waals surface area contributed by atoms with E-state index in [0.29, 0.717) is 6.29 Å². The molecule has 1 aromatic carbocycles. The molecule has 2 aromatic rings. The molecule has 0 unspecified atom stereocenters. The summed E-state index contributed by atoms with van der Waals surface area (Å²) in [7, 11) is -3.66. The second kappa shape index (κ2) is 6.84. The van der Waals surface area contributed by atoms with Gasteiger partial charge in [-0.25, -0.2) is 14.2 Å². The Balaban J connectivity index is 1.76. The molecular weight excluding hydrogens is 369 g/mol. The number of nitrogens with zero attached hydrogens (tertiary/aromatic N) is 3. The highest BCUT2D eigenvalue weighted by Crippen LogP contribution is 2.25. The van der Waals surface area contributed by atoms with Crippen LogP contribution in [0.4, 0.5) is 14.9 Å². The summed E-state index contributed by atoms with van der Waals surface area (Å²) in [5, 5.41) is 0. The predicted molar refractivity (Wildman–Crippen MR) is 87.3 cm³/mol. The molecule has 2 heterocycles. The van der Waals surface area contributed by atoms with Gasteiger partial charge in [-0.3, -0.25) is 13.9 Å². The van der Waals surface area contributed by atoms with E-state index in [0.717, 1.165) is 12.3 Å². The molecule has 1 atom stereocenters. The molecule has 26 heavy (non-hydrogen) atoms. The first-order valence-corrected chi connectivity index (χ1v) is 9.20. The Labute approximate surface area is 148 Å². The predicted octanol–water partition coefficient (Wildman–Crippen LogP) is 1.13. The monoisotopic (exact) mass is 383 g/mol. The molecular formula is C15H14FN3O6S. The van der Waals surface area contributed by atoms with E-state index in [-0.39, 0.29) is 30.2 Å². The number of benzene rings is 1. The molecule has 3 rings (SSSR count). The van der Waals surface area contributed by atoms with Crippen LogP contribution in [0, 0.1) is 5.82 Å². The van der Waals surface area contributed by atoms with Crippen molar-refractivity contribution in [1.29, 1.82) is 0 Å². The third kappa shape index (κ3) is 3.89. The highest BCUT2D eigenvalue weighted by Gasteiger charge is 2.33. The zero-order chi connectivity index (χ0) is 18.9. The third-order valence-corrected chi connectivity index (χ3v) is 4.15. The zero-order valence-electron chi connectivity index (χ0n) is 13.5. The van der Waals surface area contributed by atoms with Gasteiger partial charge in [-0.05, 0) is 18.2 Å². The minimum Gasteiger partial charge on any atom is -0.441 e. The fourth-order valence-electron chi connectivity index (χ4n) is 2.42. The van der Waals surface area contributed by atoms with Crippen LogP contribution in [0.2, 0.25) is 0 Å². The van der Waals surface area contributed by atoms with Gasteiger partial charge in [0, 0.05) is 6.20 Å². The molecule has 9 nitrogen and oxygen atoms in total. The van der Waals surface area contributed by atoms with E-state index in [1.165, 1.54) is 34.1 Å². The first-order chi connectivity index (χ1) is 12.3. The lowest BCUT2D eigenvalue weighted by Gasteiger charge is -2.14. The average Bonchev–Trinajstić information content (AvgIpc) is 3.18. The number of carbonyl (C=O) groups is 2. The van der Waals surface area contributed by atoms with Crippen molar-refractivity contribution >= 4 is 28.2 Å². The number of ether oxygens (including phenoxy) is 1. The summed E-state index contributed by atoms with van der Waals surface area (Å²) in [5.41, 5.74) is 0.554. The molecule has 1 aromatic heterocycles. The first-order valence-electron chi connectivity index (χ1n) is 7.38. The molecule has 0 aliphatic carbocycles. The summed E-state index contributed by atoms with van der Waals surface area (Å²) in [5.74, 6) is -0.638. The number of halogens is 1. The van der Waals surface area contributed by atoms with Crippen molar-refractivity contribution in [2.45, 2.75) is 6.10 Å². The highest BCUT2D eigenvalue weighted by molar-refractivity contribution is 7.85. The second-order valence-corrected chi connectivity index (χ2v) is 7.21. The minimum absolute atomic E-state index is 0.0213. The van der Waals surface area contributed by atoms with Crippen molar-refractivity contribution in [2.75, 3.05) is 24.3 Å². The van der Waals surface area contributed by atoms with Crippen LogP contribution in [0.25, 0.3) is 5.69 Å². The molecule has 1 fully saturated rings. The summed E-state index contributed by atoms with van der Waals surface area (Å²) in [4.78, 5) is 27.6. The molecule has 1 aliphatic heterocycles. The van der Waals surface area contributed by atoms with Gasteiger partial charge in [0.1, 0.15) is 30.5 Å². The van der Waals surface area contributed by atoms with Crippen molar-refractivity contribution in [1.82, 2.24) is 9.55 Å². The summed E-state index contributed by atoms with van der Waals surface area (Å²) in [6.07, 6.45) is 2.58. The molecule has 0 bridgehead atoms. The largest absolute Gasteiger partial charge is 0.441 e. The molecule has 0 saturated carbocycles. The van der Waals surface area contributed by atoms with E-state index >= 15 is 0 Å². The molecule has 1 saturated heterocycles. The molecule has 0 radical (unpaired) electrons. The molecule has 0 spiro atoms. The Kier molecular flexibility index (Phi) is 4.74. The van der Waals surface area contributed by atoms with Gasteiger partial charge < -0.3 is 9.30 Å². The molecule has 1 aliphatic rings. The van der Waals surface area contributed by atoms with Crippen LogP contribution < -0.4 is 4.90 Å². The zero-order valence-corrected chi connectivity index (χ0v) is 14.3. The van der Waals surface area contributed by atoms with Crippen molar-refractivity contribution in [3.05, 3.63) is 42.2 Å². The standard InChI is InChI=1S/C15H14FN3O6S/c1-26(22,23)24-8-12-6-19(15(21)25-12)11-2-3-14(13(16)4-11)18-5-10(7-20)17-9-18/h2-5,7,9,12H,6,8H2,1H3/t12-/m1/s1. The van der Waals surface area contributed by atoms with E-state index in [1.807, 2.05) is 0 Å². The number of hydrogen-bond acceptors (Lipinski definition) is 7. The van der Waals surface area contributed by atoms with Gasteiger partial charge in [0.05, 0.1) is 24.2 Å². The third-order valence-electron chi connectivity index (χ3n) is 3.59. The summed E-state index contributed by atoms with van der Waals surface area (Å²) < 4.78 is 47.4. The maximum atomic E-state index is 14.4. The topological polar surface area (TPSA) is 108 Å². The Hall–Kier alpha value is -2.79. The number of cyclic esters (lactones) is 1. The van der Waals surface area contributed by atoms with Gasteiger partial charge in [-0.15, -0.1) is 0 Å². The van der Waals surface area contributed by atoms with Gasteiger partial charge >= 0.3 is 6.09 Å². The average molecular weight is 383 g/mol. The quantitative estimate of drug-likeness (QED) is 0.543. The highest BCUT2D eigenvalue weighted by atomic mass is 32.2. The van der Waals surface area contributed by atoms with E-state index < -0.39 is 28.1 Å². The Bertz CT molecular complexity index is 958. The van der Waals surface area contributed by atoms with Gasteiger partial charge in [-0.2, -0.15) is 8.42 Å². The lowest BCUT2D eigenvalue weighted by atomic mass is 10.2. The number of anilines is 1. The number of carbonyl (C=O) groups excluding carboxylic acids is 2. The first kappa shape index (κ1) is 18.0. The van der Waals surface area contributed by atoms with Gasteiger partial charge in [-0.1, -0.05) is 0 Å². The fourth-order valence-corrected chi connectivity index (χ4v) is 2.82. The molecule has 138 valence electrons. The Morgan fingerprint density at radius 2 is 2.23 bits per heavy atom. The van der Waals surface area contributed by atoms with Gasteiger partial charge in [0.25, 0.3) is 10.1 Å². The van der Waals surface area contributed by atoms with Crippen LogP contribution in [0.3, 0.4) is 0 Å². The summed E-state index contributed by atoms with van der Waals surface area (Å²) >= 11 is 0. The SMILES string of the molecule is CS(=O)(=O)OC[C@H]1CN(c2ccc(-n3cnc(C=O)c3)c(F)c2)C(=O)O1. The number of aldehydes is 1. The van der Waals surface area contributed by atoms with E-state index in [9.17, 15) is 22.4 Å².